The van der Waals surface area contributed by atoms with Crippen LogP contribution in [0.2, 0.25) is 10.0 Å². The van der Waals surface area contributed by atoms with Gasteiger partial charge in [-0.2, -0.15) is 5.10 Å². The molecule has 6 heteroatoms. The maximum Gasteiger partial charge on any atom is 0.0738 e. The van der Waals surface area contributed by atoms with E-state index in [0.717, 1.165) is 21.4 Å². The van der Waals surface area contributed by atoms with Crippen LogP contribution in [0.15, 0.2) is 22.7 Å². The molecule has 1 aromatic heterocycles. The van der Waals surface area contributed by atoms with Crippen LogP contribution in [-0.4, -0.2) is 9.78 Å². The van der Waals surface area contributed by atoms with Crippen LogP contribution in [0.1, 0.15) is 23.0 Å². The van der Waals surface area contributed by atoms with Crippen molar-refractivity contribution in [3.05, 3.63) is 49.7 Å². The first kappa shape index (κ1) is 14.9. The van der Waals surface area contributed by atoms with E-state index in [9.17, 15) is 0 Å². The SMILES string of the molecule is Cc1nn(C)c(CC(N)c2cccc(Cl)c2Cl)c1Br. The number of nitrogens with two attached hydrogens (primary N) is 1. The zero-order valence-corrected chi connectivity index (χ0v) is 13.7. The van der Waals surface area contributed by atoms with E-state index in [-0.39, 0.29) is 6.04 Å². The third-order valence-electron chi connectivity index (χ3n) is 3.06. The minimum absolute atomic E-state index is 0.225. The fourth-order valence-corrected chi connectivity index (χ4v) is 2.97. The lowest BCUT2D eigenvalue weighted by atomic mass is 10.0. The summed E-state index contributed by atoms with van der Waals surface area (Å²) in [5, 5.41) is 5.40. The fraction of sp³-hybridized carbons (Fsp3) is 0.308. The lowest BCUT2D eigenvalue weighted by Crippen LogP contribution is -2.16. The molecule has 1 heterocycles. The van der Waals surface area contributed by atoms with Gasteiger partial charge in [0.15, 0.2) is 0 Å². The summed E-state index contributed by atoms with van der Waals surface area (Å²) < 4.78 is 2.82. The third kappa shape index (κ3) is 2.97. The van der Waals surface area contributed by atoms with Gasteiger partial charge in [-0.15, -0.1) is 0 Å². The fourth-order valence-electron chi connectivity index (χ4n) is 2.03. The Morgan fingerprint density at radius 2 is 2.11 bits per heavy atom. The summed E-state index contributed by atoms with van der Waals surface area (Å²) in [6.45, 7) is 1.95. The van der Waals surface area contributed by atoms with E-state index in [1.165, 1.54) is 0 Å². The van der Waals surface area contributed by atoms with Crippen LogP contribution in [0.3, 0.4) is 0 Å². The number of benzene rings is 1. The lowest BCUT2D eigenvalue weighted by Gasteiger charge is -2.15. The van der Waals surface area contributed by atoms with Crippen molar-refractivity contribution in [2.45, 2.75) is 19.4 Å². The number of hydrogen-bond acceptors (Lipinski definition) is 2. The predicted molar refractivity (Wildman–Crippen MR) is 82.7 cm³/mol. The molecule has 0 saturated heterocycles. The van der Waals surface area contributed by atoms with Gasteiger partial charge >= 0.3 is 0 Å². The Morgan fingerprint density at radius 3 is 2.68 bits per heavy atom. The molecule has 0 aliphatic rings. The lowest BCUT2D eigenvalue weighted by molar-refractivity contribution is 0.638. The average molecular weight is 363 g/mol. The highest BCUT2D eigenvalue weighted by molar-refractivity contribution is 9.10. The first-order chi connectivity index (χ1) is 8.91. The normalized spacial score (nSPS) is 12.7. The van der Waals surface area contributed by atoms with Crippen molar-refractivity contribution in [2.24, 2.45) is 12.8 Å². The van der Waals surface area contributed by atoms with Gasteiger partial charge in [0, 0.05) is 19.5 Å². The van der Waals surface area contributed by atoms with Crippen molar-refractivity contribution in [3.63, 3.8) is 0 Å². The van der Waals surface area contributed by atoms with Gasteiger partial charge in [0.25, 0.3) is 0 Å². The first-order valence-electron chi connectivity index (χ1n) is 5.79. The molecule has 1 atom stereocenters. The van der Waals surface area contributed by atoms with Gasteiger partial charge in [0.2, 0.25) is 0 Å². The van der Waals surface area contributed by atoms with Crippen molar-refractivity contribution in [3.8, 4) is 0 Å². The van der Waals surface area contributed by atoms with E-state index in [1.54, 1.807) is 6.07 Å². The van der Waals surface area contributed by atoms with Crippen molar-refractivity contribution in [1.29, 1.82) is 0 Å². The summed E-state index contributed by atoms with van der Waals surface area (Å²) in [6, 6.07) is 5.28. The first-order valence-corrected chi connectivity index (χ1v) is 7.34. The summed E-state index contributed by atoms with van der Waals surface area (Å²) in [4.78, 5) is 0. The molecule has 2 aromatic rings. The molecule has 0 saturated carbocycles. The second-order valence-electron chi connectivity index (χ2n) is 4.42. The standard InChI is InChI=1S/C13H14BrCl2N3/c1-7-12(14)11(19(2)18-7)6-10(17)8-4-3-5-9(15)13(8)16/h3-5,10H,6,17H2,1-2H3. The van der Waals surface area contributed by atoms with Crippen LogP contribution in [0.25, 0.3) is 0 Å². The van der Waals surface area contributed by atoms with Crippen molar-refractivity contribution in [2.75, 3.05) is 0 Å². The highest BCUT2D eigenvalue weighted by atomic mass is 79.9. The van der Waals surface area contributed by atoms with Gasteiger partial charge in [-0.05, 0) is 34.5 Å². The number of nitrogens with zero attached hydrogens (tertiary/aromatic N) is 2. The molecule has 0 spiro atoms. The van der Waals surface area contributed by atoms with Crippen molar-refractivity contribution >= 4 is 39.1 Å². The zero-order valence-electron chi connectivity index (χ0n) is 10.6. The molecule has 0 aliphatic carbocycles. The summed E-state index contributed by atoms with van der Waals surface area (Å²) in [7, 11) is 1.90. The minimum atomic E-state index is -0.225. The van der Waals surface area contributed by atoms with Gasteiger partial charge in [0.1, 0.15) is 0 Å². The number of aromatic nitrogens is 2. The second-order valence-corrected chi connectivity index (χ2v) is 6.00. The molecule has 0 bridgehead atoms. The molecule has 2 rings (SSSR count). The quantitative estimate of drug-likeness (QED) is 0.895. The molecule has 1 aromatic carbocycles. The van der Waals surface area contributed by atoms with E-state index in [1.807, 2.05) is 30.8 Å². The van der Waals surface area contributed by atoms with Gasteiger partial charge in [-0.3, -0.25) is 4.68 Å². The minimum Gasteiger partial charge on any atom is -0.324 e. The monoisotopic (exact) mass is 361 g/mol. The molecule has 1 unspecified atom stereocenters. The van der Waals surface area contributed by atoms with E-state index in [2.05, 4.69) is 21.0 Å². The summed E-state index contributed by atoms with van der Waals surface area (Å²) >= 11 is 15.7. The largest absolute Gasteiger partial charge is 0.324 e. The molecule has 2 N–H and O–H groups in total. The number of aryl methyl sites for hydroxylation is 2. The van der Waals surface area contributed by atoms with Crippen LogP contribution < -0.4 is 5.73 Å². The smallest absolute Gasteiger partial charge is 0.0738 e. The van der Waals surface area contributed by atoms with E-state index < -0.39 is 0 Å². The highest BCUT2D eigenvalue weighted by Gasteiger charge is 2.18. The van der Waals surface area contributed by atoms with Crippen LogP contribution >= 0.6 is 39.1 Å². The van der Waals surface area contributed by atoms with Crippen LogP contribution in [-0.2, 0) is 13.5 Å². The number of hydrogen-bond donors (Lipinski definition) is 1. The molecule has 0 fully saturated rings. The Labute approximate surface area is 130 Å². The van der Waals surface area contributed by atoms with Crippen LogP contribution in [0.5, 0.6) is 0 Å². The molecule has 0 radical (unpaired) electrons. The highest BCUT2D eigenvalue weighted by Crippen LogP contribution is 2.32. The van der Waals surface area contributed by atoms with Crippen molar-refractivity contribution in [1.82, 2.24) is 9.78 Å². The molecule has 0 amide bonds. The third-order valence-corrected chi connectivity index (χ3v) is 4.92. The maximum atomic E-state index is 6.24. The van der Waals surface area contributed by atoms with Gasteiger partial charge in [-0.25, -0.2) is 0 Å². The molecular formula is C13H14BrCl2N3. The van der Waals surface area contributed by atoms with E-state index in [4.69, 9.17) is 28.9 Å². The molecule has 19 heavy (non-hydrogen) atoms. The Balaban J connectivity index is 2.31. The Morgan fingerprint density at radius 1 is 1.42 bits per heavy atom. The summed E-state index contributed by atoms with van der Waals surface area (Å²) in [6.07, 6.45) is 0.637. The van der Waals surface area contributed by atoms with E-state index >= 15 is 0 Å². The molecule has 3 nitrogen and oxygen atoms in total. The zero-order chi connectivity index (χ0) is 14.2. The van der Waals surface area contributed by atoms with Gasteiger partial charge in [-0.1, -0.05) is 35.3 Å². The predicted octanol–water partition coefficient (Wildman–Crippen LogP) is 4.04. The van der Waals surface area contributed by atoms with Crippen LogP contribution in [0, 0.1) is 6.92 Å². The Kier molecular flexibility index (Phi) is 4.56. The molecule has 0 aliphatic heterocycles. The summed E-state index contributed by atoms with van der Waals surface area (Å²) in [5.74, 6) is 0. The maximum absolute atomic E-state index is 6.24. The topological polar surface area (TPSA) is 43.8 Å². The Bertz CT molecular complexity index is 610. The Hall–Kier alpha value is -0.550. The number of rotatable bonds is 3. The van der Waals surface area contributed by atoms with Gasteiger partial charge < -0.3 is 5.73 Å². The number of halogens is 3. The second kappa shape index (κ2) is 5.83. The van der Waals surface area contributed by atoms with E-state index in [0.29, 0.717) is 16.5 Å². The van der Waals surface area contributed by atoms with Crippen LogP contribution in [0.4, 0.5) is 0 Å². The van der Waals surface area contributed by atoms with Crippen molar-refractivity contribution < 1.29 is 0 Å². The summed E-state index contributed by atoms with van der Waals surface area (Å²) in [5.41, 5.74) is 9.07. The molecule has 102 valence electrons. The average Bonchev–Trinajstić information content (AvgIpc) is 2.59. The van der Waals surface area contributed by atoms with Gasteiger partial charge in [0.05, 0.1) is 25.9 Å². The molecular weight excluding hydrogens is 349 g/mol.